The largest absolute Gasteiger partial charge is 0.398 e. The van der Waals surface area contributed by atoms with Crippen LogP contribution in [0.3, 0.4) is 0 Å². The fraction of sp³-hybridized carbons (Fsp3) is 0.400. The topological polar surface area (TPSA) is 85.8 Å². The van der Waals surface area contributed by atoms with Gasteiger partial charge in [-0.15, -0.1) is 0 Å². The molecule has 112 valence electrons. The van der Waals surface area contributed by atoms with E-state index in [0.717, 1.165) is 30.0 Å². The fourth-order valence-corrected chi connectivity index (χ4v) is 2.20. The molecule has 2 aromatic rings. The molecule has 0 aliphatic heterocycles. The Labute approximate surface area is 124 Å². The maximum absolute atomic E-state index is 12.0. The van der Waals surface area contributed by atoms with Crippen LogP contribution < -0.4 is 11.1 Å². The summed E-state index contributed by atoms with van der Waals surface area (Å²) in [5.41, 5.74) is 9.64. The summed E-state index contributed by atoms with van der Waals surface area (Å²) in [6.07, 6.45) is 2.33. The predicted molar refractivity (Wildman–Crippen MR) is 82.0 cm³/mol. The molecule has 2 aromatic heterocycles. The van der Waals surface area contributed by atoms with E-state index in [1.165, 1.54) is 6.20 Å². The van der Waals surface area contributed by atoms with Gasteiger partial charge < -0.3 is 11.1 Å². The number of carbonyl (C=O) groups excluding carboxylic acids is 1. The minimum absolute atomic E-state index is 0.187. The maximum Gasteiger partial charge on any atom is 0.254 e. The van der Waals surface area contributed by atoms with Crippen LogP contribution in [0, 0.1) is 20.8 Å². The number of anilines is 1. The molecule has 0 saturated heterocycles. The molecule has 0 spiro atoms. The number of hydrogen-bond acceptors (Lipinski definition) is 4. The molecule has 1 amide bonds. The summed E-state index contributed by atoms with van der Waals surface area (Å²) in [4.78, 5) is 16.1. The van der Waals surface area contributed by atoms with E-state index in [1.54, 1.807) is 6.07 Å². The quantitative estimate of drug-likeness (QED) is 0.818. The Hall–Kier alpha value is -2.37. The number of nitrogen functional groups attached to an aromatic ring is 1. The summed E-state index contributed by atoms with van der Waals surface area (Å²) < 4.78 is 1.95. The Morgan fingerprint density at radius 1 is 1.29 bits per heavy atom. The van der Waals surface area contributed by atoms with Gasteiger partial charge in [-0.2, -0.15) is 5.10 Å². The van der Waals surface area contributed by atoms with Crippen molar-refractivity contribution in [1.82, 2.24) is 20.1 Å². The zero-order chi connectivity index (χ0) is 15.4. The number of aryl methyl sites for hydroxylation is 4. The number of rotatable bonds is 5. The predicted octanol–water partition coefficient (Wildman–Crippen LogP) is 1.61. The van der Waals surface area contributed by atoms with E-state index in [-0.39, 0.29) is 5.91 Å². The second kappa shape index (κ2) is 6.39. The minimum Gasteiger partial charge on any atom is -0.398 e. The molecular weight excluding hydrogens is 266 g/mol. The summed E-state index contributed by atoms with van der Waals surface area (Å²) in [7, 11) is 0. The van der Waals surface area contributed by atoms with E-state index in [2.05, 4.69) is 15.4 Å². The van der Waals surface area contributed by atoms with Crippen molar-refractivity contribution in [1.29, 1.82) is 0 Å². The normalized spacial score (nSPS) is 10.6. The van der Waals surface area contributed by atoms with Crippen molar-refractivity contribution < 1.29 is 4.79 Å². The molecule has 0 bridgehead atoms. The second-order valence-corrected chi connectivity index (χ2v) is 5.17. The summed E-state index contributed by atoms with van der Waals surface area (Å²) in [5.74, 6) is -0.187. The van der Waals surface area contributed by atoms with Crippen molar-refractivity contribution >= 4 is 11.6 Å². The third-order valence-corrected chi connectivity index (χ3v) is 3.25. The Morgan fingerprint density at radius 2 is 2.05 bits per heavy atom. The summed E-state index contributed by atoms with van der Waals surface area (Å²) in [6.45, 7) is 7.19. The first kappa shape index (κ1) is 15.0. The van der Waals surface area contributed by atoms with Gasteiger partial charge >= 0.3 is 0 Å². The molecule has 6 heteroatoms. The molecule has 6 nitrogen and oxygen atoms in total. The van der Waals surface area contributed by atoms with Gasteiger partial charge in [0.05, 0.1) is 11.3 Å². The monoisotopic (exact) mass is 287 g/mol. The molecule has 0 radical (unpaired) electrons. The Bertz CT molecular complexity index is 648. The van der Waals surface area contributed by atoms with Crippen molar-refractivity contribution in [2.75, 3.05) is 12.3 Å². The molecule has 0 unspecified atom stereocenters. The van der Waals surface area contributed by atoms with Gasteiger partial charge in [-0.05, 0) is 39.3 Å². The van der Waals surface area contributed by atoms with Crippen LogP contribution in [0.25, 0.3) is 0 Å². The SMILES string of the molecule is Cc1cc(N)c(C(=O)NCCCn2nc(C)cc2C)cn1. The molecule has 0 aliphatic carbocycles. The van der Waals surface area contributed by atoms with Crippen LogP contribution in [0.2, 0.25) is 0 Å². The van der Waals surface area contributed by atoms with Gasteiger partial charge in [-0.3, -0.25) is 14.5 Å². The van der Waals surface area contributed by atoms with E-state index in [9.17, 15) is 4.79 Å². The van der Waals surface area contributed by atoms with Crippen LogP contribution in [-0.4, -0.2) is 27.2 Å². The number of hydrogen-bond donors (Lipinski definition) is 2. The first-order chi connectivity index (χ1) is 9.97. The van der Waals surface area contributed by atoms with Crippen LogP contribution in [0.5, 0.6) is 0 Å². The molecule has 0 fully saturated rings. The van der Waals surface area contributed by atoms with E-state index < -0.39 is 0 Å². The van der Waals surface area contributed by atoms with Crippen LogP contribution in [-0.2, 0) is 6.54 Å². The van der Waals surface area contributed by atoms with Crippen molar-refractivity contribution in [3.8, 4) is 0 Å². The third-order valence-electron chi connectivity index (χ3n) is 3.25. The van der Waals surface area contributed by atoms with Crippen molar-refractivity contribution in [2.24, 2.45) is 0 Å². The highest BCUT2D eigenvalue weighted by atomic mass is 16.1. The summed E-state index contributed by atoms with van der Waals surface area (Å²) in [5, 5.41) is 7.24. The van der Waals surface area contributed by atoms with Gasteiger partial charge in [0.1, 0.15) is 0 Å². The maximum atomic E-state index is 12.0. The lowest BCUT2D eigenvalue weighted by atomic mass is 10.2. The Kier molecular flexibility index (Phi) is 4.57. The number of aromatic nitrogens is 3. The highest BCUT2D eigenvalue weighted by Crippen LogP contribution is 2.11. The van der Waals surface area contributed by atoms with Crippen molar-refractivity contribution in [2.45, 2.75) is 33.7 Å². The van der Waals surface area contributed by atoms with E-state index in [4.69, 9.17) is 5.73 Å². The van der Waals surface area contributed by atoms with E-state index in [0.29, 0.717) is 17.8 Å². The highest BCUT2D eigenvalue weighted by Gasteiger charge is 2.09. The lowest BCUT2D eigenvalue weighted by Crippen LogP contribution is -2.26. The van der Waals surface area contributed by atoms with Crippen LogP contribution >= 0.6 is 0 Å². The minimum atomic E-state index is -0.187. The number of carbonyl (C=O) groups is 1. The number of amides is 1. The molecule has 2 rings (SSSR count). The molecule has 0 atom stereocenters. The number of nitrogens with two attached hydrogens (primary N) is 1. The average Bonchev–Trinajstić information content (AvgIpc) is 2.73. The standard InChI is InChI=1S/C15H21N5O/c1-10-8-14(16)13(9-18-10)15(21)17-5-4-6-20-12(3)7-11(2)19-20/h7-9H,4-6H2,1-3H3,(H2,16,18)(H,17,21). The molecule has 2 heterocycles. The van der Waals surface area contributed by atoms with Crippen LogP contribution in [0.1, 0.15) is 33.9 Å². The first-order valence-electron chi connectivity index (χ1n) is 6.98. The van der Waals surface area contributed by atoms with Crippen molar-refractivity contribution in [3.05, 3.63) is 41.0 Å². The van der Waals surface area contributed by atoms with Gasteiger partial charge in [0.2, 0.25) is 0 Å². The Morgan fingerprint density at radius 3 is 2.67 bits per heavy atom. The van der Waals surface area contributed by atoms with Crippen LogP contribution in [0.4, 0.5) is 5.69 Å². The fourth-order valence-electron chi connectivity index (χ4n) is 2.20. The van der Waals surface area contributed by atoms with Crippen molar-refractivity contribution in [3.63, 3.8) is 0 Å². The Balaban J connectivity index is 1.83. The second-order valence-electron chi connectivity index (χ2n) is 5.17. The molecular formula is C15H21N5O. The van der Waals surface area contributed by atoms with E-state index >= 15 is 0 Å². The lowest BCUT2D eigenvalue weighted by Gasteiger charge is -2.08. The summed E-state index contributed by atoms with van der Waals surface area (Å²) in [6, 6.07) is 3.74. The van der Waals surface area contributed by atoms with Gasteiger partial charge in [-0.25, -0.2) is 0 Å². The molecule has 0 aliphatic rings. The van der Waals surface area contributed by atoms with Gasteiger partial charge in [0.15, 0.2) is 0 Å². The molecule has 0 saturated carbocycles. The number of nitrogens with zero attached hydrogens (tertiary/aromatic N) is 3. The molecule has 21 heavy (non-hydrogen) atoms. The van der Waals surface area contributed by atoms with Gasteiger partial charge in [-0.1, -0.05) is 0 Å². The first-order valence-corrected chi connectivity index (χ1v) is 6.98. The number of nitrogens with one attached hydrogen (secondary N) is 1. The summed E-state index contributed by atoms with van der Waals surface area (Å²) >= 11 is 0. The van der Waals surface area contributed by atoms with Gasteiger partial charge in [0.25, 0.3) is 5.91 Å². The lowest BCUT2D eigenvalue weighted by molar-refractivity contribution is 0.0953. The highest BCUT2D eigenvalue weighted by molar-refractivity contribution is 5.98. The third kappa shape index (κ3) is 3.81. The van der Waals surface area contributed by atoms with Gasteiger partial charge in [0, 0.05) is 36.4 Å². The molecule has 3 N–H and O–H groups in total. The smallest absolute Gasteiger partial charge is 0.254 e. The molecule has 0 aromatic carbocycles. The number of pyridine rings is 1. The zero-order valence-corrected chi connectivity index (χ0v) is 12.7. The zero-order valence-electron chi connectivity index (χ0n) is 12.7. The van der Waals surface area contributed by atoms with Crippen LogP contribution in [0.15, 0.2) is 18.3 Å². The average molecular weight is 287 g/mol. The van der Waals surface area contributed by atoms with E-state index in [1.807, 2.05) is 31.5 Å².